The van der Waals surface area contributed by atoms with Crippen LogP contribution >= 0.6 is 0 Å². The topological polar surface area (TPSA) is 13.1 Å². The van der Waals surface area contributed by atoms with Gasteiger partial charge in [-0.1, -0.05) is 145 Å². The number of furan rings is 1. The maximum atomic E-state index is 8.74. The predicted molar refractivity (Wildman–Crippen MR) is 200 cm³/mol. The molecule has 10 rings (SSSR count). The number of fused-ring (bicyclic) bond motifs is 7. The molecule has 0 saturated heterocycles. The van der Waals surface area contributed by atoms with Crippen LogP contribution in [0, 0.1) is 0 Å². The highest BCUT2D eigenvalue weighted by Crippen LogP contribution is 2.47. The largest absolute Gasteiger partial charge is 0.456 e. The minimum Gasteiger partial charge on any atom is -0.456 e. The van der Waals surface area contributed by atoms with E-state index in [0.717, 1.165) is 87.3 Å². The standard InChI is InChI=1S/C46H28O/c1-2-12-29(13-3-1)34-21-10-16-30-24-25-33(27-40(30)34)44-35-17-6-8-19-37(35)45(38-20-9-7-18-36(38)44)39-22-11-23-42-46(39)41-26-31-14-4-5-15-32(31)28-43(41)47-42/h1-28H/i1D,2D,3D,12D,13D. The van der Waals surface area contributed by atoms with Crippen LogP contribution in [0.1, 0.15) is 6.85 Å². The molecule has 0 atom stereocenters. The van der Waals surface area contributed by atoms with Crippen LogP contribution in [0.3, 0.4) is 0 Å². The zero-order valence-electron chi connectivity index (χ0n) is 30.2. The molecule has 0 spiro atoms. The van der Waals surface area contributed by atoms with Gasteiger partial charge >= 0.3 is 0 Å². The predicted octanol–water partition coefficient (Wildman–Crippen LogP) is 13.2. The van der Waals surface area contributed by atoms with Crippen LogP contribution in [0.2, 0.25) is 0 Å². The molecule has 47 heavy (non-hydrogen) atoms. The quantitative estimate of drug-likeness (QED) is 0.184. The van der Waals surface area contributed by atoms with Gasteiger partial charge in [0.2, 0.25) is 0 Å². The van der Waals surface area contributed by atoms with Crippen molar-refractivity contribution in [1.29, 1.82) is 0 Å². The zero-order chi connectivity index (χ0) is 35.2. The first-order valence-electron chi connectivity index (χ1n) is 18.3. The van der Waals surface area contributed by atoms with Crippen molar-refractivity contribution >= 4 is 65.0 Å². The Labute approximate surface area is 279 Å². The summed E-state index contributed by atoms with van der Waals surface area (Å²) in [6.07, 6.45) is 0. The summed E-state index contributed by atoms with van der Waals surface area (Å²) >= 11 is 0. The molecule has 0 amide bonds. The Hall–Kier alpha value is -6.18. The van der Waals surface area contributed by atoms with Crippen LogP contribution in [0.15, 0.2) is 174 Å². The molecule has 0 unspecified atom stereocenters. The molecule has 1 heterocycles. The third-order valence-corrected chi connectivity index (χ3v) is 9.50. The molecule has 9 aromatic carbocycles. The summed E-state index contributed by atoms with van der Waals surface area (Å²) in [5, 5.41) is 10.6. The SMILES string of the molecule is [2H]c1c([2H])c([2H])c(-c2cccc3ccc(-c4c5ccccc5c(-c5cccc6oc7cc8ccccc8cc7c56)c5ccccc45)cc23)c([2H])c1[2H]. The van der Waals surface area contributed by atoms with Crippen LogP contribution in [0.5, 0.6) is 0 Å². The van der Waals surface area contributed by atoms with Gasteiger partial charge in [0.15, 0.2) is 0 Å². The molecular formula is C46H28O. The molecule has 218 valence electrons. The van der Waals surface area contributed by atoms with E-state index in [-0.39, 0.29) is 29.7 Å². The Morgan fingerprint density at radius 3 is 1.74 bits per heavy atom. The van der Waals surface area contributed by atoms with Gasteiger partial charge in [-0.3, -0.25) is 0 Å². The van der Waals surface area contributed by atoms with E-state index < -0.39 is 6.04 Å². The van der Waals surface area contributed by atoms with E-state index in [2.05, 4.69) is 109 Å². The van der Waals surface area contributed by atoms with Crippen molar-refractivity contribution in [3.63, 3.8) is 0 Å². The smallest absolute Gasteiger partial charge is 0.136 e. The normalized spacial score (nSPS) is 13.3. The van der Waals surface area contributed by atoms with Gasteiger partial charge in [0.25, 0.3) is 0 Å². The van der Waals surface area contributed by atoms with E-state index in [1.165, 1.54) is 0 Å². The Bertz CT molecular complexity index is 3050. The van der Waals surface area contributed by atoms with E-state index >= 15 is 0 Å². The van der Waals surface area contributed by atoms with Crippen molar-refractivity contribution < 1.29 is 11.3 Å². The van der Waals surface area contributed by atoms with Crippen molar-refractivity contribution in [3.8, 4) is 33.4 Å². The van der Waals surface area contributed by atoms with E-state index in [1.807, 2.05) is 30.3 Å². The Morgan fingerprint density at radius 2 is 1.00 bits per heavy atom. The summed E-state index contributed by atoms with van der Waals surface area (Å²) in [5.41, 5.74) is 6.80. The van der Waals surface area contributed by atoms with Crippen molar-refractivity contribution in [2.45, 2.75) is 0 Å². The van der Waals surface area contributed by atoms with Gasteiger partial charge < -0.3 is 4.42 Å². The molecule has 0 fully saturated rings. The number of hydrogen-bond acceptors (Lipinski definition) is 1. The maximum absolute atomic E-state index is 8.74. The molecule has 0 aliphatic carbocycles. The van der Waals surface area contributed by atoms with Gasteiger partial charge in [0, 0.05) is 10.8 Å². The highest BCUT2D eigenvalue weighted by atomic mass is 16.3. The van der Waals surface area contributed by atoms with Crippen molar-refractivity contribution in [3.05, 3.63) is 170 Å². The van der Waals surface area contributed by atoms with E-state index in [9.17, 15) is 0 Å². The summed E-state index contributed by atoms with van der Waals surface area (Å²) in [6.45, 7) is 0. The van der Waals surface area contributed by atoms with Crippen LogP contribution in [0.25, 0.3) is 98.4 Å². The number of rotatable bonds is 3. The van der Waals surface area contributed by atoms with Crippen LogP contribution in [-0.4, -0.2) is 0 Å². The van der Waals surface area contributed by atoms with E-state index in [4.69, 9.17) is 11.3 Å². The van der Waals surface area contributed by atoms with Gasteiger partial charge in [-0.25, -0.2) is 0 Å². The van der Waals surface area contributed by atoms with Crippen LogP contribution < -0.4 is 0 Å². The lowest BCUT2D eigenvalue weighted by Gasteiger charge is -2.19. The van der Waals surface area contributed by atoms with Gasteiger partial charge in [0.05, 0.1) is 6.85 Å². The highest BCUT2D eigenvalue weighted by Gasteiger charge is 2.20. The maximum Gasteiger partial charge on any atom is 0.136 e. The molecule has 0 aliphatic rings. The van der Waals surface area contributed by atoms with Crippen molar-refractivity contribution in [2.75, 3.05) is 0 Å². The average molecular weight is 602 g/mol. The van der Waals surface area contributed by atoms with Crippen molar-refractivity contribution in [1.82, 2.24) is 0 Å². The molecule has 0 N–H and O–H groups in total. The van der Waals surface area contributed by atoms with Gasteiger partial charge in [0.1, 0.15) is 11.2 Å². The Kier molecular flexibility index (Phi) is 4.66. The minimum absolute atomic E-state index is 0.201. The second kappa shape index (κ2) is 10.2. The molecule has 0 saturated carbocycles. The lowest BCUT2D eigenvalue weighted by Crippen LogP contribution is -1.91. The summed E-state index contributed by atoms with van der Waals surface area (Å²) in [6, 6.07) is 46.6. The second-order valence-electron chi connectivity index (χ2n) is 12.1. The van der Waals surface area contributed by atoms with Gasteiger partial charge in [-0.15, -0.1) is 0 Å². The van der Waals surface area contributed by atoms with Crippen LogP contribution in [-0.2, 0) is 0 Å². The number of benzene rings is 9. The first-order chi connectivity index (χ1) is 25.4. The summed E-state index contributed by atoms with van der Waals surface area (Å²) in [7, 11) is 0. The summed E-state index contributed by atoms with van der Waals surface area (Å²) in [4.78, 5) is 0. The lowest BCUT2D eigenvalue weighted by atomic mass is 9.84. The van der Waals surface area contributed by atoms with Gasteiger partial charge in [-0.2, -0.15) is 0 Å². The monoisotopic (exact) mass is 601 g/mol. The number of hydrogen-bond donors (Lipinski definition) is 0. The first kappa shape index (κ1) is 21.5. The molecule has 1 nitrogen and oxygen atoms in total. The minimum atomic E-state index is -0.398. The first-order valence-corrected chi connectivity index (χ1v) is 15.8. The molecule has 1 heteroatoms. The fourth-order valence-electron chi connectivity index (χ4n) is 7.48. The second-order valence-corrected chi connectivity index (χ2v) is 12.1. The molecule has 1 aromatic heterocycles. The highest BCUT2D eigenvalue weighted by molar-refractivity contribution is 6.26. The summed E-state index contributed by atoms with van der Waals surface area (Å²) in [5.74, 6) is 0. The lowest BCUT2D eigenvalue weighted by molar-refractivity contribution is 0.669. The molecule has 10 aromatic rings. The zero-order valence-corrected chi connectivity index (χ0v) is 25.2. The fourth-order valence-corrected chi connectivity index (χ4v) is 7.48. The van der Waals surface area contributed by atoms with Crippen LogP contribution in [0.4, 0.5) is 0 Å². The molecule has 0 radical (unpaired) electrons. The van der Waals surface area contributed by atoms with E-state index in [1.54, 1.807) is 0 Å². The molecule has 0 bridgehead atoms. The average Bonchev–Trinajstić information content (AvgIpc) is 3.55. The molecule has 0 aliphatic heterocycles. The van der Waals surface area contributed by atoms with E-state index in [0.29, 0.717) is 5.56 Å². The van der Waals surface area contributed by atoms with Crippen molar-refractivity contribution in [2.24, 2.45) is 0 Å². The molecular weight excluding hydrogens is 569 g/mol. The third-order valence-electron chi connectivity index (χ3n) is 9.50. The Balaban J connectivity index is 1.28. The van der Waals surface area contributed by atoms with Gasteiger partial charge in [-0.05, 0) is 101 Å². The third kappa shape index (κ3) is 3.97. The summed E-state index contributed by atoms with van der Waals surface area (Å²) < 4.78 is 48.8. The fraction of sp³-hybridized carbons (Fsp3) is 0. The Morgan fingerprint density at radius 1 is 0.383 bits per heavy atom.